The van der Waals surface area contributed by atoms with Crippen LogP contribution in [0.3, 0.4) is 0 Å². The number of rotatable bonds is 7. The predicted octanol–water partition coefficient (Wildman–Crippen LogP) is 2.58. The number of morpholine rings is 1. The monoisotopic (exact) mass is 415 g/mol. The summed E-state index contributed by atoms with van der Waals surface area (Å²) < 4.78 is 24.4. The molecule has 2 atom stereocenters. The SMILES string of the molecule is CN=C(NCc1ccnc(N2CCOC(C)C2)c1)NCC(C)Oc1ccc(F)cc1. The summed E-state index contributed by atoms with van der Waals surface area (Å²) in [6, 6.07) is 10.1. The van der Waals surface area contributed by atoms with Crippen molar-refractivity contribution in [2.75, 3.05) is 38.2 Å². The van der Waals surface area contributed by atoms with E-state index in [-0.39, 0.29) is 18.0 Å². The maximum atomic E-state index is 13.0. The number of nitrogens with zero attached hydrogens (tertiary/aromatic N) is 3. The van der Waals surface area contributed by atoms with Crippen LogP contribution in [0.5, 0.6) is 5.75 Å². The summed E-state index contributed by atoms with van der Waals surface area (Å²) in [7, 11) is 1.73. The molecule has 3 rings (SSSR count). The second kappa shape index (κ2) is 10.8. The molecule has 8 heteroatoms. The first kappa shape index (κ1) is 21.8. The van der Waals surface area contributed by atoms with Crippen molar-refractivity contribution < 1.29 is 13.9 Å². The van der Waals surface area contributed by atoms with Crippen LogP contribution in [0, 0.1) is 5.82 Å². The maximum Gasteiger partial charge on any atom is 0.191 e. The van der Waals surface area contributed by atoms with Gasteiger partial charge in [0.05, 0.1) is 19.3 Å². The Labute approximate surface area is 177 Å². The standard InChI is InChI=1S/C22H30FN5O2/c1-16(30-20-6-4-19(23)5-7-20)13-26-22(24-3)27-14-18-8-9-25-21(12-18)28-10-11-29-17(2)15-28/h4-9,12,16-17H,10-11,13-15H2,1-3H3,(H2,24,26,27). The molecule has 0 saturated carbocycles. The van der Waals surface area contributed by atoms with E-state index in [1.165, 1.54) is 12.1 Å². The van der Waals surface area contributed by atoms with E-state index in [0.717, 1.165) is 31.1 Å². The largest absolute Gasteiger partial charge is 0.489 e. The molecule has 2 unspecified atom stereocenters. The van der Waals surface area contributed by atoms with E-state index in [4.69, 9.17) is 9.47 Å². The number of hydrogen-bond acceptors (Lipinski definition) is 5. The first-order valence-electron chi connectivity index (χ1n) is 10.2. The van der Waals surface area contributed by atoms with Gasteiger partial charge in [0.1, 0.15) is 23.5 Å². The first-order valence-corrected chi connectivity index (χ1v) is 10.2. The highest BCUT2D eigenvalue weighted by Crippen LogP contribution is 2.16. The maximum absolute atomic E-state index is 13.0. The molecule has 2 aromatic rings. The van der Waals surface area contributed by atoms with Crippen LogP contribution in [0.15, 0.2) is 47.6 Å². The fourth-order valence-corrected chi connectivity index (χ4v) is 3.20. The van der Waals surface area contributed by atoms with Crippen LogP contribution >= 0.6 is 0 Å². The van der Waals surface area contributed by atoms with Crippen molar-refractivity contribution in [3.63, 3.8) is 0 Å². The van der Waals surface area contributed by atoms with Gasteiger partial charge in [-0.2, -0.15) is 0 Å². The lowest BCUT2D eigenvalue weighted by Crippen LogP contribution is -2.42. The second-order valence-corrected chi connectivity index (χ2v) is 7.34. The third-order valence-corrected chi connectivity index (χ3v) is 4.77. The van der Waals surface area contributed by atoms with Crippen molar-refractivity contribution in [3.8, 4) is 5.75 Å². The Morgan fingerprint density at radius 2 is 2.13 bits per heavy atom. The Hall–Kier alpha value is -2.87. The van der Waals surface area contributed by atoms with Gasteiger partial charge in [-0.05, 0) is 55.8 Å². The Bertz CT molecular complexity index is 831. The highest BCUT2D eigenvalue weighted by Gasteiger charge is 2.18. The number of ether oxygens (including phenoxy) is 2. The van der Waals surface area contributed by atoms with E-state index in [1.807, 2.05) is 19.2 Å². The molecule has 0 radical (unpaired) electrons. The second-order valence-electron chi connectivity index (χ2n) is 7.34. The summed E-state index contributed by atoms with van der Waals surface area (Å²) in [4.78, 5) is 11.0. The molecule has 0 aliphatic carbocycles. The van der Waals surface area contributed by atoms with E-state index < -0.39 is 0 Å². The minimum Gasteiger partial charge on any atom is -0.489 e. The van der Waals surface area contributed by atoms with E-state index in [9.17, 15) is 4.39 Å². The number of aliphatic imine (C=N–C) groups is 1. The van der Waals surface area contributed by atoms with Crippen LogP contribution in [-0.4, -0.2) is 56.4 Å². The third kappa shape index (κ3) is 6.59. The quantitative estimate of drug-likeness (QED) is 0.535. The van der Waals surface area contributed by atoms with Crippen molar-refractivity contribution in [3.05, 3.63) is 54.0 Å². The number of hydrogen-bond donors (Lipinski definition) is 2. The average Bonchev–Trinajstić information content (AvgIpc) is 2.76. The molecule has 1 aromatic carbocycles. The molecule has 1 aromatic heterocycles. The number of halogens is 1. The Balaban J connectivity index is 1.47. The summed E-state index contributed by atoms with van der Waals surface area (Å²) in [5.41, 5.74) is 1.12. The third-order valence-electron chi connectivity index (χ3n) is 4.77. The van der Waals surface area contributed by atoms with Crippen molar-refractivity contribution in [2.24, 2.45) is 4.99 Å². The number of anilines is 1. The molecule has 1 saturated heterocycles. The molecule has 0 spiro atoms. The van der Waals surface area contributed by atoms with Crippen molar-refractivity contribution in [2.45, 2.75) is 32.6 Å². The van der Waals surface area contributed by atoms with Crippen molar-refractivity contribution in [1.29, 1.82) is 0 Å². The Kier molecular flexibility index (Phi) is 7.84. The van der Waals surface area contributed by atoms with Crippen LogP contribution in [0.2, 0.25) is 0 Å². The molecule has 162 valence electrons. The molecule has 1 aliphatic heterocycles. The molecule has 0 amide bonds. The number of benzene rings is 1. The topological polar surface area (TPSA) is 71.0 Å². The minimum atomic E-state index is -0.278. The summed E-state index contributed by atoms with van der Waals surface area (Å²) in [5, 5.41) is 6.57. The van der Waals surface area contributed by atoms with Gasteiger partial charge in [0, 0.05) is 32.9 Å². The summed E-state index contributed by atoms with van der Waals surface area (Å²) in [6.07, 6.45) is 1.94. The molecule has 2 N–H and O–H groups in total. The zero-order chi connectivity index (χ0) is 21.3. The molecule has 0 bridgehead atoms. The van der Waals surface area contributed by atoms with E-state index >= 15 is 0 Å². The number of pyridine rings is 1. The lowest BCUT2D eigenvalue weighted by atomic mass is 10.2. The van der Waals surface area contributed by atoms with E-state index in [1.54, 1.807) is 19.2 Å². The van der Waals surface area contributed by atoms with Gasteiger partial charge >= 0.3 is 0 Å². The van der Waals surface area contributed by atoms with Crippen molar-refractivity contribution in [1.82, 2.24) is 15.6 Å². The van der Waals surface area contributed by atoms with Crippen molar-refractivity contribution >= 4 is 11.8 Å². The summed E-state index contributed by atoms with van der Waals surface area (Å²) >= 11 is 0. The molecule has 1 aliphatic rings. The summed E-state index contributed by atoms with van der Waals surface area (Å²) in [6.45, 7) is 7.63. The van der Waals surface area contributed by atoms with Crippen LogP contribution in [-0.2, 0) is 11.3 Å². The predicted molar refractivity (Wildman–Crippen MR) is 117 cm³/mol. The lowest BCUT2D eigenvalue weighted by Gasteiger charge is -2.32. The fourth-order valence-electron chi connectivity index (χ4n) is 3.20. The van der Waals surface area contributed by atoms with E-state index in [2.05, 4.69) is 38.5 Å². The molecule has 2 heterocycles. The highest BCUT2D eigenvalue weighted by atomic mass is 19.1. The lowest BCUT2D eigenvalue weighted by molar-refractivity contribution is 0.0529. The van der Waals surface area contributed by atoms with Crippen LogP contribution in [0.25, 0.3) is 0 Å². The van der Waals surface area contributed by atoms with Gasteiger partial charge in [-0.1, -0.05) is 0 Å². The van der Waals surface area contributed by atoms with Gasteiger partial charge < -0.3 is 25.0 Å². The summed E-state index contributed by atoms with van der Waals surface area (Å²) in [5.74, 6) is 2.01. The molecule has 7 nitrogen and oxygen atoms in total. The van der Waals surface area contributed by atoms with Gasteiger partial charge in [0.25, 0.3) is 0 Å². The molecule has 1 fully saturated rings. The van der Waals surface area contributed by atoms with Gasteiger partial charge in [0.2, 0.25) is 0 Å². The molecular formula is C22H30FN5O2. The van der Waals surface area contributed by atoms with Gasteiger partial charge in [0.15, 0.2) is 5.96 Å². The fraction of sp³-hybridized carbons (Fsp3) is 0.455. The van der Waals surface area contributed by atoms with Gasteiger partial charge in [-0.25, -0.2) is 9.37 Å². The number of guanidine groups is 1. The number of nitrogens with one attached hydrogen (secondary N) is 2. The zero-order valence-corrected chi connectivity index (χ0v) is 17.8. The Morgan fingerprint density at radius 1 is 1.33 bits per heavy atom. The average molecular weight is 416 g/mol. The van der Waals surface area contributed by atoms with Gasteiger partial charge in [-0.3, -0.25) is 4.99 Å². The minimum absolute atomic E-state index is 0.107. The normalized spacial score (nSPS) is 18.1. The van der Waals surface area contributed by atoms with Gasteiger partial charge in [-0.15, -0.1) is 0 Å². The van der Waals surface area contributed by atoms with Crippen LogP contribution < -0.4 is 20.3 Å². The Morgan fingerprint density at radius 3 is 2.87 bits per heavy atom. The number of aromatic nitrogens is 1. The highest BCUT2D eigenvalue weighted by molar-refractivity contribution is 5.79. The molecular weight excluding hydrogens is 385 g/mol. The van der Waals surface area contributed by atoms with Crippen LogP contribution in [0.1, 0.15) is 19.4 Å². The van der Waals surface area contributed by atoms with E-state index in [0.29, 0.717) is 24.8 Å². The first-order chi connectivity index (χ1) is 14.5. The molecule has 30 heavy (non-hydrogen) atoms. The zero-order valence-electron chi connectivity index (χ0n) is 17.8. The van der Waals surface area contributed by atoms with Crippen LogP contribution in [0.4, 0.5) is 10.2 Å². The smallest absolute Gasteiger partial charge is 0.191 e.